The molecule has 0 saturated carbocycles. The molecule has 88 valence electrons. The lowest BCUT2D eigenvalue weighted by Crippen LogP contribution is -2.29. The van der Waals surface area contributed by atoms with E-state index < -0.39 is 0 Å². The predicted octanol–water partition coefficient (Wildman–Crippen LogP) is 2.40. The molecule has 0 radical (unpaired) electrons. The average molecular weight is 259 g/mol. The molecule has 3 N–H and O–H groups in total. The van der Waals surface area contributed by atoms with E-state index in [1.54, 1.807) is 30.0 Å². The molecule has 1 amide bonds. The van der Waals surface area contributed by atoms with Gasteiger partial charge in [0, 0.05) is 11.8 Å². The smallest absolute Gasteiger partial charge is 0.252 e. The van der Waals surface area contributed by atoms with Crippen LogP contribution in [0.25, 0.3) is 0 Å². The molecule has 0 spiro atoms. The van der Waals surface area contributed by atoms with Crippen LogP contribution in [-0.2, 0) is 0 Å². The van der Waals surface area contributed by atoms with Crippen molar-refractivity contribution < 1.29 is 4.79 Å². The average Bonchev–Trinajstić information content (AvgIpc) is 2.29. The van der Waals surface area contributed by atoms with Crippen molar-refractivity contribution in [1.82, 2.24) is 5.32 Å². The summed E-state index contributed by atoms with van der Waals surface area (Å²) in [5.41, 5.74) is 6.47. The third-order valence-corrected chi connectivity index (χ3v) is 3.62. The Labute approximate surface area is 105 Å². The monoisotopic (exact) mass is 258 g/mol. The molecule has 0 bridgehead atoms. The lowest BCUT2D eigenvalue weighted by Gasteiger charge is -2.11. The highest BCUT2D eigenvalue weighted by Gasteiger charge is 2.12. The molecular formula is C11H15ClN2OS. The van der Waals surface area contributed by atoms with Gasteiger partial charge in [-0.3, -0.25) is 4.79 Å². The minimum atomic E-state index is -0.182. The number of amides is 1. The highest BCUT2D eigenvalue weighted by molar-refractivity contribution is 7.99. The number of hydrogen-bond donors (Lipinski definition) is 2. The SMILES string of the molecule is CSC(C)CNC(=O)c1cccc(N)c1Cl. The second kappa shape index (κ2) is 6.01. The molecule has 1 atom stereocenters. The lowest BCUT2D eigenvalue weighted by atomic mass is 10.2. The predicted molar refractivity (Wildman–Crippen MR) is 71.2 cm³/mol. The summed E-state index contributed by atoms with van der Waals surface area (Å²) in [7, 11) is 0. The van der Waals surface area contributed by atoms with Crippen LogP contribution in [0, 0.1) is 0 Å². The number of nitrogens with one attached hydrogen (secondary N) is 1. The third kappa shape index (κ3) is 3.32. The zero-order valence-corrected chi connectivity index (χ0v) is 10.9. The Bertz CT molecular complexity index is 384. The molecule has 3 nitrogen and oxygen atoms in total. The number of halogens is 1. The van der Waals surface area contributed by atoms with Crippen molar-refractivity contribution in [1.29, 1.82) is 0 Å². The number of carbonyl (C=O) groups excluding carboxylic acids is 1. The summed E-state index contributed by atoms with van der Waals surface area (Å²) < 4.78 is 0. The largest absolute Gasteiger partial charge is 0.398 e. The van der Waals surface area contributed by atoms with Crippen LogP contribution in [0.1, 0.15) is 17.3 Å². The number of anilines is 1. The van der Waals surface area contributed by atoms with Crippen molar-refractivity contribution in [3.63, 3.8) is 0 Å². The van der Waals surface area contributed by atoms with E-state index in [0.29, 0.717) is 28.1 Å². The van der Waals surface area contributed by atoms with Gasteiger partial charge in [0.15, 0.2) is 0 Å². The van der Waals surface area contributed by atoms with E-state index in [4.69, 9.17) is 17.3 Å². The van der Waals surface area contributed by atoms with Gasteiger partial charge in [0.2, 0.25) is 0 Å². The van der Waals surface area contributed by atoms with Gasteiger partial charge in [0.05, 0.1) is 16.3 Å². The van der Waals surface area contributed by atoms with E-state index in [2.05, 4.69) is 5.32 Å². The second-order valence-corrected chi connectivity index (χ2v) is 5.12. The zero-order valence-electron chi connectivity index (χ0n) is 9.29. The van der Waals surface area contributed by atoms with Crippen LogP contribution in [0.15, 0.2) is 18.2 Å². The van der Waals surface area contributed by atoms with Crippen LogP contribution in [-0.4, -0.2) is 24.0 Å². The van der Waals surface area contributed by atoms with Crippen molar-refractivity contribution >= 4 is 35.0 Å². The molecule has 5 heteroatoms. The minimum absolute atomic E-state index is 0.182. The summed E-state index contributed by atoms with van der Waals surface area (Å²) in [5, 5.41) is 3.51. The standard InChI is InChI=1S/C11H15ClN2OS/c1-7(16-2)6-14-11(15)8-4-3-5-9(13)10(8)12/h3-5,7H,6,13H2,1-2H3,(H,14,15). The Morgan fingerprint density at radius 3 is 2.94 bits per heavy atom. The molecular weight excluding hydrogens is 244 g/mol. The van der Waals surface area contributed by atoms with Crippen molar-refractivity contribution in [2.45, 2.75) is 12.2 Å². The topological polar surface area (TPSA) is 55.1 Å². The fourth-order valence-electron chi connectivity index (χ4n) is 1.14. The fourth-order valence-corrected chi connectivity index (χ4v) is 1.60. The first-order valence-electron chi connectivity index (χ1n) is 4.91. The van der Waals surface area contributed by atoms with Crippen molar-refractivity contribution in [2.75, 3.05) is 18.5 Å². The quantitative estimate of drug-likeness (QED) is 0.816. The molecule has 0 aliphatic carbocycles. The van der Waals surface area contributed by atoms with Crippen LogP contribution < -0.4 is 11.1 Å². The summed E-state index contributed by atoms with van der Waals surface area (Å²) in [6.45, 7) is 2.66. The van der Waals surface area contributed by atoms with E-state index in [1.165, 1.54) is 0 Å². The molecule has 1 aromatic carbocycles. The highest BCUT2D eigenvalue weighted by atomic mass is 35.5. The normalized spacial score (nSPS) is 12.2. The summed E-state index contributed by atoms with van der Waals surface area (Å²) in [5.74, 6) is -0.182. The first kappa shape index (κ1) is 13.2. The van der Waals surface area contributed by atoms with Gasteiger partial charge in [-0.1, -0.05) is 24.6 Å². The number of benzene rings is 1. The summed E-state index contributed by atoms with van der Waals surface area (Å²) in [6, 6.07) is 5.05. The van der Waals surface area contributed by atoms with Crippen LogP contribution in [0.2, 0.25) is 5.02 Å². The first-order chi connectivity index (χ1) is 7.56. The molecule has 1 aromatic rings. The third-order valence-electron chi connectivity index (χ3n) is 2.23. The summed E-state index contributed by atoms with van der Waals surface area (Å²) in [6.07, 6.45) is 2.00. The zero-order chi connectivity index (χ0) is 12.1. The van der Waals surface area contributed by atoms with Gasteiger partial charge in [-0.05, 0) is 18.4 Å². The molecule has 1 unspecified atom stereocenters. The molecule has 16 heavy (non-hydrogen) atoms. The van der Waals surface area contributed by atoms with Gasteiger partial charge >= 0.3 is 0 Å². The number of hydrogen-bond acceptors (Lipinski definition) is 3. The Morgan fingerprint density at radius 2 is 2.31 bits per heavy atom. The van der Waals surface area contributed by atoms with Gasteiger partial charge in [-0.15, -0.1) is 0 Å². The number of carbonyl (C=O) groups is 1. The van der Waals surface area contributed by atoms with Gasteiger partial charge in [0.25, 0.3) is 5.91 Å². The van der Waals surface area contributed by atoms with Gasteiger partial charge in [-0.2, -0.15) is 11.8 Å². The summed E-state index contributed by atoms with van der Waals surface area (Å²) in [4.78, 5) is 11.8. The van der Waals surface area contributed by atoms with E-state index >= 15 is 0 Å². The molecule has 0 aliphatic rings. The lowest BCUT2D eigenvalue weighted by molar-refractivity contribution is 0.0954. The van der Waals surface area contributed by atoms with Crippen molar-refractivity contribution in [3.05, 3.63) is 28.8 Å². The Kier molecular flexibility index (Phi) is 4.96. The maximum Gasteiger partial charge on any atom is 0.252 e. The van der Waals surface area contributed by atoms with E-state index in [9.17, 15) is 4.79 Å². The van der Waals surface area contributed by atoms with Gasteiger partial charge in [0.1, 0.15) is 0 Å². The fraction of sp³-hybridized carbons (Fsp3) is 0.364. The Morgan fingerprint density at radius 1 is 1.62 bits per heavy atom. The van der Waals surface area contributed by atoms with Crippen LogP contribution in [0.5, 0.6) is 0 Å². The van der Waals surface area contributed by atoms with Crippen molar-refractivity contribution in [3.8, 4) is 0 Å². The molecule has 1 rings (SSSR count). The minimum Gasteiger partial charge on any atom is -0.398 e. The van der Waals surface area contributed by atoms with Crippen LogP contribution >= 0.6 is 23.4 Å². The maximum atomic E-state index is 11.8. The Hall–Kier alpha value is -0.870. The van der Waals surface area contributed by atoms with Gasteiger partial charge in [-0.25, -0.2) is 0 Å². The maximum absolute atomic E-state index is 11.8. The number of nitrogens with two attached hydrogens (primary N) is 1. The molecule has 0 fully saturated rings. The van der Waals surface area contributed by atoms with Crippen molar-refractivity contribution in [2.24, 2.45) is 0 Å². The number of thioether (sulfide) groups is 1. The van der Waals surface area contributed by atoms with E-state index in [1.807, 2.05) is 13.2 Å². The van der Waals surface area contributed by atoms with Crippen LogP contribution in [0.4, 0.5) is 5.69 Å². The second-order valence-electron chi connectivity index (χ2n) is 3.47. The molecule has 0 heterocycles. The molecule has 0 aromatic heterocycles. The molecule has 0 aliphatic heterocycles. The number of rotatable bonds is 4. The number of nitrogen functional groups attached to an aromatic ring is 1. The highest BCUT2D eigenvalue weighted by Crippen LogP contribution is 2.22. The summed E-state index contributed by atoms with van der Waals surface area (Å²) >= 11 is 7.64. The van der Waals surface area contributed by atoms with E-state index in [0.717, 1.165) is 0 Å². The van der Waals surface area contributed by atoms with E-state index in [-0.39, 0.29) is 5.91 Å². The molecule has 0 saturated heterocycles. The van der Waals surface area contributed by atoms with Crippen LogP contribution in [0.3, 0.4) is 0 Å². The Balaban J connectivity index is 2.70. The first-order valence-corrected chi connectivity index (χ1v) is 6.57. The van der Waals surface area contributed by atoms with Gasteiger partial charge < -0.3 is 11.1 Å².